The number of nitrogens with one attached hydrogen (secondary N) is 1. The molecule has 0 aliphatic rings. The van der Waals surface area contributed by atoms with Gasteiger partial charge >= 0.3 is 0 Å². The first-order valence-corrected chi connectivity index (χ1v) is 7.06. The third-order valence-corrected chi connectivity index (χ3v) is 3.17. The molecule has 1 aromatic carbocycles. The van der Waals surface area contributed by atoms with Crippen molar-refractivity contribution in [2.45, 2.75) is 26.7 Å². The van der Waals surface area contributed by atoms with E-state index >= 15 is 0 Å². The van der Waals surface area contributed by atoms with Crippen LogP contribution in [0.4, 0.5) is 11.4 Å². The third-order valence-electron chi connectivity index (χ3n) is 3.17. The summed E-state index contributed by atoms with van der Waals surface area (Å²) >= 11 is 0. The zero-order chi connectivity index (χ0) is 15.0. The number of nitrogens with zero attached hydrogens (tertiary/aromatic N) is 1. The van der Waals surface area contributed by atoms with Gasteiger partial charge in [-0.2, -0.15) is 0 Å². The van der Waals surface area contributed by atoms with Crippen molar-refractivity contribution in [2.75, 3.05) is 37.3 Å². The molecule has 0 bridgehead atoms. The number of rotatable bonds is 8. The lowest BCUT2D eigenvalue weighted by Crippen LogP contribution is -2.35. The summed E-state index contributed by atoms with van der Waals surface area (Å²) in [6.45, 7) is 5.72. The number of amides is 1. The predicted octanol–water partition coefficient (Wildman–Crippen LogP) is 1.61. The van der Waals surface area contributed by atoms with Gasteiger partial charge in [0.1, 0.15) is 0 Å². The Kier molecular flexibility index (Phi) is 7.04. The van der Waals surface area contributed by atoms with Crippen molar-refractivity contribution in [3.63, 3.8) is 0 Å². The van der Waals surface area contributed by atoms with E-state index in [4.69, 9.17) is 10.8 Å². The second kappa shape index (κ2) is 8.55. The first-order chi connectivity index (χ1) is 9.56. The maximum Gasteiger partial charge on any atom is 0.238 e. The summed E-state index contributed by atoms with van der Waals surface area (Å²) in [4.78, 5) is 13.9. The van der Waals surface area contributed by atoms with Gasteiger partial charge in [-0.05, 0) is 37.6 Å². The summed E-state index contributed by atoms with van der Waals surface area (Å²) in [5, 5.41) is 11.8. The Hall–Kier alpha value is -1.59. The van der Waals surface area contributed by atoms with Gasteiger partial charge in [-0.15, -0.1) is 0 Å². The van der Waals surface area contributed by atoms with Crippen LogP contribution in [0, 0.1) is 6.92 Å². The quantitative estimate of drug-likeness (QED) is 0.632. The molecule has 0 aromatic heterocycles. The summed E-state index contributed by atoms with van der Waals surface area (Å²) in [7, 11) is 0. The molecule has 0 aliphatic heterocycles. The molecule has 0 aliphatic carbocycles. The van der Waals surface area contributed by atoms with Crippen molar-refractivity contribution in [1.29, 1.82) is 0 Å². The molecule has 0 saturated heterocycles. The van der Waals surface area contributed by atoms with E-state index in [1.54, 1.807) is 6.07 Å². The number of aryl methyl sites for hydroxylation is 1. The minimum atomic E-state index is -0.0854. The van der Waals surface area contributed by atoms with Gasteiger partial charge in [0.25, 0.3) is 0 Å². The number of nitrogen functional groups attached to an aromatic ring is 1. The molecule has 1 rings (SSSR count). The largest absolute Gasteiger partial charge is 0.398 e. The summed E-state index contributed by atoms with van der Waals surface area (Å²) in [6.07, 6.45) is 2.09. The van der Waals surface area contributed by atoms with Crippen LogP contribution in [-0.2, 0) is 4.79 Å². The Balaban J connectivity index is 2.53. The van der Waals surface area contributed by atoms with Gasteiger partial charge in [0.15, 0.2) is 0 Å². The number of carbonyl (C=O) groups is 1. The Labute approximate surface area is 120 Å². The predicted molar refractivity (Wildman–Crippen MR) is 82.7 cm³/mol. The molecule has 20 heavy (non-hydrogen) atoms. The number of aliphatic hydroxyl groups is 1. The SMILES string of the molecule is CCCCN(CCO)CC(=O)Nc1ccc(C)c(N)c1. The molecule has 4 N–H and O–H groups in total. The lowest BCUT2D eigenvalue weighted by atomic mass is 10.2. The molecule has 0 radical (unpaired) electrons. The maximum atomic E-state index is 12.0. The molecule has 5 nitrogen and oxygen atoms in total. The van der Waals surface area contributed by atoms with Gasteiger partial charge in [0, 0.05) is 17.9 Å². The molecule has 1 aromatic rings. The molecule has 0 atom stereocenters. The Morgan fingerprint density at radius 3 is 2.75 bits per heavy atom. The van der Waals surface area contributed by atoms with Crippen molar-refractivity contribution in [1.82, 2.24) is 4.90 Å². The molecule has 0 saturated carbocycles. The van der Waals surface area contributed by atoms with Crippen LogP contribution < -0.4 is 11.1 Å². The van der Waals surface area contributed by atoms with E-state index in [2.05, 4.69) is 12.2 Å². The smallest absolute Gasteiger partial charge is 0.238 e. The molecule has 0 heterocycles. The van der Waals surface area contributed by atoms with E-state index in [0.717, 1.165) is 24.9 Å². The number of carbonyl (C=O) groups excluding carboxylic acids is 1. The fourth-order valence-corrected chi connectivity index (χ4v) is 1.91. The van der Waals surface area contributed by atoms with Crippen LogP contribution in [-0.4, -0.2) is 42.2 Å². The average Bonchev–Trinajstić information content (AvgIpc) is 2.40. The highest BCUT2D eigenvalue weighted by Crippen LogP contribution is 2.16. The second-order valence-electron chi connectivity index (χ2n) is 4.97. The van der Waals surface area contributed by atoms with Crippen molar-refractivity contribution in [2.24, 2.45) is 0 Å². The Morgan fingerprint density at radius 1 is 1.40 bits per heavy atom. The lowest BCUT2D eigenvalue weighted by molar-refractivity contribution is -0.117. The summed E-state index contributed by atoms with van der Waals surface area (Å²) in [6, 6.07) is 5.48. The van der Waals surface area contributed by atoms with Gasteiger partial charge in [0.05, 0.1) is 13.2 Å². The van der Waals surface area contributed by atoms with E-state index < -0.39 is 0 Å². The van der Waals surface area contributed by atoms with Crippen molar-refractivity contribution in [3.05, 3.63) is 23.8 Å². The van der Waals surface area contributed by atoms with Crippen LogP contribution in [0.25, 0.3) is 0 Å². The van der Waals surface area contributed by atoms with E-state index in [1.807, 2.05) is 24.0 Å². The first-order valence-electron chi connectivity index (χ1n) is 7.06. The molecule has 112 valence electrons. The number of nitrogens with two attached hydrogens (primary N) is 1. The lowest BCUT2D eigenvalue weighted by Gasteiger charge is -2.20. The van der Waals surface area contributed by atoms with Crippen molar-refractivity contribution in [3.8, 4) is 0 Å². The molecule has 0 unspecified atom stereocenters. The first kappa shape index (κ1) is 16.5. The van der Waals surface area contributed by atoms with Gasteiger partial charge in [-0.25, -0.2) is 0 Å². The van der Waals surface area contributed by atoms with Crippen molar-refractivity contribution >= 4 is 17.3 Å². The number of benzene rings is 1. The monoisotopic (exact) mass is 279 g/mol. The van der Waals surface area contributed by atoms with Crippen LogP contribution >= 0.6 is 0 Å². The number of aliphatic hydroxyl groups excluding tert-OH is 1. The molecular weight excluding hydrogens is 254 g/mol. The molecule has 0 fully saturated rings. The highest BCUT2D eigenvalue weighted by Gasteiger charge is 2.10. The standard InChI is InChI=1S/C15H25N3O2/c1-3-4-7-18(8-9-19)11-15(20)17-13-6-5-12(2)14(16)10-13/h5-6,10,19H,3-4,7-9,11,16H2,1-2H3,(H,17,20). The van der Waals surface area contributed by atoms with Crippen LogP contribution in [0.15, 0.2) is 18.2 Å². The van der Waals surface area contributed by atoms with Gasteiger partial charge in [-0.3, -0.25) is 9.69 Å². The number of hydrogen-bond donors (Lipinski definition) is 3. The molecule has 1 amide bonds. The highest BCUT2D eigenvalue weighted by molar-refractivity contribution is 5.92. The molecule has 5 heteroatoms. The number of anilines is 2. The topological polar surface area (TPSA) is 78.6 Å². The Morgan fingerprint density at radius 2 is 2.15 bits per heavy atom. The van der Waals surface area contributed by atoms with Gasteiger partial charge < -0.3 is 16.2 Å². The number of unbranched alkanes of at least 4 members (excludes halogenated alkanes) is 1. The second-order valence-corrected chi connectivity index (χ2v) is 4.97. The zero-order valence-corrected chi connectivity index (χ0v) is 12.4. The average molecular weight is 279 g/mol. The van der Waals surface area contributed by atoms with Crippen LogP contribution in [0.1, 0.15) is 25.3 Å². The molecule has 0 spiro atoms. The van der Waals surface area contributed by atoms with Gasteiger partial charge in [0.2, 0.25) is 5.91 Å². The van der Waals surface area contributed by atoms with Crippen molar-refractivity contribution < 1.29 is 9.90 Å². The summed E-state index contributed by atoms with van der Waals surface area (Å²) in [5.74, 6) is -0.0854. The Bertz CT molecular complexity index is 435. The highest BCUT2D eigenvalue weighted by atomic mass is 16.3. The minimum absolute atomic E-state index is 0.0640. The van der Waals surface area contributed by atoms with E-state index in [9.17, 15) is 4.79 Å². The van der Waals surface area contributed by atoms with Gasteiger partial charge in [-0.1, -0.05) is 19.4 Å². The third kappa shape index (κ3) is 5.59. The van der Waals surface area contributed by atoms with Crippen LogP contribution in [0.3, 0.4) is 0 Å². The summed E-state index contributed by atoms with van der Waals surface area (Å²) < 4.78 is 0. The van der Waals surface area contributed by atoms with Crippen LogP contribution in [0.5, 0.6) is 0 Å². The number of hydrogen-bond acceptors (Lipinski definition) is 4. The fourth-order valence-electron chi connectivity index (χ4n) is 1.91. The van der Waals surface area contributed by atoms with E-state index in [1.165, 1.54) is 0 Å². The minimum Gasteiger partial charge on any atom is -0.398 e. The van der Waals surface area contributed by atoms with E-state index in [-0.39, 0.29) is 19.1 Å². The van der Waals surface area contributed by atoms with Crippen LogP contribution in [0.2, 0.25) is 0 Å². The zero-order valence-electron chi connectivity index (χ0n) is 12.4. The fraction of sp³-hybridized carbons (Fsp3) is 0.533. The normalized spacial score (nSPS) is 10.8. The maximum absolute atomic E-state index is 12.0. The summed E-state index contributed by atoms with van der Waals surface area (Å²) in [5.41, 5.74) is 8.18. The molecular formula is C15H25N3O2. The van der Waals surface area contributed by atoms with E-state index in [0.29, 0.717) is 17.9 Å².